The Labute approximate surface area is 173 Å². The molecule has 0 saturated carbocycles. The zero-order chi connectivity index (χ0) is 20.3. The largest absolute Gasteiger partial charge is 0.462 e. The first-order chi connectivity index (χ1) is 13.5. The topological polar surface area (TPSA) is 46.6 Å². The number of carbonyl (C=O) groups is 2. The molecule has 1 aliphatic heterocycles. The number of ether oxygens (including phenoxy) is 1. The molecule has 2 aromatic carbocycles. The van der Waals surface area contributed by atoms with Crippen LogP contribution in [0.3, 0.4) is 0 Å². The number of esters is 1. The highest BCUT2D eigenvalue weighted by Crippen LogP contribution is 2.36. The highest BCUT2D eigenvalue weighted by Gasteiger charge is 2.38. The second-order valence-electron chi connectivity index (χ2n) is 6.13. The highest BCUT2D eigenvalue weighted by atomic mass is 35.5. The molecule has 0 unspecified atom stereocenters. The zero-order valence-corrected chi connectivity index (χ0v) is 17.4. The number of benzene rings is 2. The van der Waals surface area contributed by atoms with Crippen LogP contribution < -0.4 is 4.90 Å². The van der Waals surface area contributed by atoms with E-state index in [0.717, 1.165) is 10.5 Å². The molecular formula is C22H20ClNO3S. The van der Waals surface area contributed by atoms with Crippen LogP contribution in [0.1, 0.15) is 19.4 Å². The first-order valence-electron chi connectivity index (χ1n) is 8.80. The Kier molecular flexibility index (Phi) is 6.27. The molecule has 0 bridgehead atoms. The van der Waals surface area contributed by atoms with Crippen molar-refractivity contribution in [3.63, 3.8) is 0 Å². The van der Waals surface area contributed by atoms with Crippen LogP contribution >= 0.6 is 23.4 Å². The Balaban J connectivity index is 2.08. The van der Waals surface area contributed by atoms with Crippen LogP contribution in [0.5, 0.6) is 0 Å². The normalized spacial score (nSPS) is 15.5. The van der Waals surface area contributed by atoms with E-state index in [1.807, 2.05) is 30.5 Å². The SMILES string of the molecule is CCOC(=O)C1=C(C)N(c2ccc(Cl)cc2)C(=O)/C1=C\c1ccc(SC)cc1. The van der Waals surface area contributed by atoms with E-state index in [9.17, 15) is 9.59 Å². The predicted molar refractivity (Wildman–Crippen MR) is 114 cm³/mol. The van der Waals surface area contributed by atoms with E-state index in [1.165, 1.54) is 4.90 Å². The van der Waals surface area contributed by atoms with Crippen LogP contribution in [0.2, 0.25) is 5.02 Å². The summed E-state index contributed by atoms with van der Waals surface area (Å²) in [5.74, 6) is -0.770. The van der Waals surface area contributed by atoms with Crippen LogP contribution in [-0.4, -0.2) is 24.7 Å². The summed E-state index contributed by atoms with van der Waals surface area (Å²) < 4.78 is 5.21. The lowest BCUT2D eigenvalue weighted by Crippen LogP contribution is -2.24. The van der Waals surface area contributed by atoms with Crippen LogP contribution in [0.25, 0.3) is 6.08 Å². The van der Waals surface area contributed by atoms with Gasteiger partial charge in [-0.3, -0.25) is 9.69 Å². The number of halogens is 1. The number of amides is 1. The second kappa shape index (κ2) is 8.67. The molecule has 4 nitrogen and oxygen atoms in total. The van der Waals surface area contributed by atoms with E-state index in [-0.39, 0.29) is 18.1 Å². The van der Waals surface area contributed by atoms with Crippen LogP contribution in [0.4, 0.5) is 5.69 Å². The molecule has 144 valence electrons. The molecule has 3 rings (SSSR count). The number of thioether (sulfide) groups is 1. The van der Waals surface area contributed by atoms with Gasteiger partial charge in [0.2, 0.25) is 0 Å². The number of anilines is 1. The van der Waals surface area contributed by atoms with Crippen molar-refractivity contribution < 1.29 is 14.3 Å². The summed E-state index contributed by atoms with van der Waals surface area (Å²) >= 11 is 7.61. The number of hydrogen-bond donors (Lipinski definition) is 0. The van der Waals surface area contributed by atoms with Gasteiger partial charge in [0.15, 0.2) is 0 Å². The molecule has 1 heterocycles. The summed E-state index contributed by atoms with van der Waals surface area (Å²) in [7, 11) is 0. The van der Waals surface area contributed by atoms with Crippen LogP contribution in [0, 0.1) is 0 Å². The monoisotopic (exact) mass is 413 g/mol. The predicted octanol–water partition coefficient (Wildman–Crippen LogP) is 5.33. The van der Waals surface area contributed by atoms with Gasteiger partial charge in [0.1, 0.15) is 0 Å². The average Bonchev–Trinajstić information content (AvgIpc) is 2.93. The summed E-state index contributed by atoms with van der Waals surface area (Å²) in [5.41, 5.74) is 2.64. The number of carbonyl (C=O) groups excluding carboxylic acids is 2. The standard InChI is InChI=1S/C22H20ClNO3S/c1-4-27-22(26)20-14(2)24(17-9-7-16(23)8-10-17)21(25)19(20)13-15-5-11-18(28-3)12-6-15/h5-13H,4H2,1-3H3/b19-13-. The quantitative estimate of drug-likeness (QED) is 0.377. The van der Waals surface area contributed by atoms with Gasteiger partial charge in [0.05, 0.1) is 17.8 Å². The van der Waals surface area contributed by atoms with Crippen molar-refractivity contribution in [3.8, 4) is 0 Å². The van der Waals surface area contributed by atoms with Crippen molar-refractivity contribution in [2.45, 2.75) is 18.7 Å². The Morgan fingerprint density at radius 1 is 1.14 bits per heavy atom. The fourth-order valence-corrected chi connectivity index (χ4v) is 3.58. The van der Waals surface area contributed by atoms with Crippen molar-refractivity contribution in [1.29, 1.82) is 0 Å². The molecule has 0 aromatic heterocycles. The molecule has 1 amide bonds. The highest BCUT2D eigenvalue weighted by molar-refractivity contribution is 7.98. The maximum atomic E-state index is 13.2. The molecule has 0 spiro atoms. The maximum Gasteiger partial charge on any atom is 0.340 e. The van der Waals surface area contributed by atoms with Crippen molar-refractivity contribution in [3.05, 3.63) is 76.0 Å². The Morgan fingerprint density at radius 2 is 1.79 bits per heavy atom. The Morgan fingerprint density at radius 3 is 2.36 bits per heavy atom. The zero-order valence-electron chi connectivity index (χ0n) is 15.9. The summed E-state index contributed by atoms with van der Waals surface area (Å²) in [4.78, 5) is 28.5. The van der Waals surface area contributed by atoms with E-state index in [1.54, 1.807) is 56.0 Å². The molecule has 0 radical (unpaired) electrons. The third-order valence-electron chi connectivity index (χ3n) is 4.39. The van der Waals surface area contributed by atoms with Gasteiger partial charge in [-0.15, -0.1) is 11.8 Å². The van der Waals surface area contributed by atoms with Gasteiger partial charge in [-0.25, -0.2) is 4.79 Å². The van der Waals surface area contributed by atoms with E-state index in [2.05, 4.69) is 0 Å². The minimum Gasteiger partial charge on any atom is -0.462 e. The van der Waals surface area contributed by atoms with E-state index in [0.29, 0.717) is 22.0 Å². The van der Waals surface area contributed by atoms with Gasteiger partial charge in [0, 0.05) is 21.3 Å². The van der Waals surface area contributed by atoms with Crippen molar-refractivity contribution in [1.82, 2.24) is 0 Å². The molecule has 0 N–H and O–H groups in total. The summed E-state index contributed by atoms with van der Waals surface area (Å²) in [6.07, 6.45) is 3.74. The summed E-state index contributed by atoms with van der Waals surface area (Å²) in [5, 5.41) is 0.576. The minimum absolute atomic E-state index is 0.237. The maximum absolute atomic E-state index is 13.2. The molecule has 6 heteroatoms. The molecular weight excluding hydrogens is 394 g/mol. The smallest absolute Gasteiger partial charge is 0.340 e. The van der Waals surface area contributed by atoms with Crippen LogP contribution in [0.15, 0.2) is 70.3 Å². The molecule has 0 saturated heterocycles. The van der Waals surface area contributed by atoms with Gasteiger partial charge >= 0.3 is 5.97 Å². The molecule has 0 fully saturated rings. The second-order valence-corrected chi connectivity index (χ2v) is 7.45. The van der Waals surface area contributed by atoms with Crippen LogP contribution in [-0.2, 0) is 14.3 Å². The lowest BCUT2D eigenvalue weighted by atomic mass is 10.0. The lowest BCUT2D eigenvalue weighted by Gasteiger charge is -2.18. The average molecular weight is 414 g/mol. The number of nitrogens with zero attached hydrogens (tertiary/aromatic N) is 1. The third kappa shape index (κ3) is 4.01. The van der Waals surface area contributed by atoms with Crippen molar-refractivity contribution in [2.24, 2.45) is 0 Å². The molecule has 2 aromatic rings. The number of rotatable bonds is 5. The van der Waals surface area contributed by atoms with E-state index >= 15 is 0 Å². The fraction of sp³-hybridized carbons (Fsp3) is 0.182. The van der Waals surface area contributed by atoms with E-state index < -0.39 is 5.97 Å². The number of hydrogen-bond acceptors (Lipinski definition) is 4. The van der Waals surface area contributed by atoms with Gasteiger partial charge in [0.25, 0.3) is 5.91 Å². The van der Waals surface area contributed by atoms with Gasteiger partial charge in [-0.1, -0.05) is 23.7 Å². The van der Waals surface area contributed by atoms with Gasteiger partial charge in [-0.05, 0) is 68.1 Å². The molecule has 0 aliphatic carbocycles. The van der Waals surface area contributed by atoms with Crippen molar-refractivity contribution >= 4 is 47.0 Å². The first-order valence-corrected chi connectivity index (χ1v) is 10.4. The van der Waals surface area contributed by atoms with Gasteiger partial charge < -0.3 is 4.74 Å². The number of allylic oxidation sites excluding steroid dienone is 1. The van der Waals surface area contributed by atoms with Gasteiger partial charge in [-0.2, -0.15) is 0 Å². The third-order valence-corrected chi connectivity index (χ3v) is 5.39. The molecule has 0 atom stereocenters. The van der Waals surface area contributed by atoms with E-state index in [4.69, 9.17) is 16.3 Å². The summed E-state index contributed by atoms with van der Waals surface area (Å²) in [6, 6.07) is 14.7. The Bertz CT molecular complexity index is 962. The lowest BCUT2D eigenvalue weighted by molar-refractivity contribution is -0.138. The van der Waals surface area contributed by atoms with Crippen molar-refractivity contribution in [2.75, 3.05) is 17.8 Å². The Hall–Kier alpha value is -2.50. The summed E-state index contributed by atoms with van der Waals surface area (Å²) in [6.45, 7) is 3.73. The molecule has 28 heavy (non-hydrogen) atoms. The fourth-order valence-electron chi connectivity index (χ4n) is 3.05. The molecule has 1 aliphatic rings. The first kappa shape index (κ1) is 20.2. The minimum atomic E-state index is -0.503.